The van der Waals surface area contributed by atoms with E-state index < -0.39 is 17.7 Å². The number of ketones is 1. The Morgan fingerprint density at radius 1 is 0.884 bits per heavy atom. The third-order valence-corrected chi connectivity index (χ3v) is 7.84. The maximum absolute atomic E-state index is 13.5. The molecule has 1 atom stereocenters. The summed E-state index contributed by atoms with van der Waals surface area (Å²) in [5.74, 6) is -0.212. The van der Waals surface area contributed by atoms with E-state index in [0.717, 1.165) is 43.6 Å². The number of aliphatic hydroxyl groups excluding tert-OH is 1. The molecule has 0 radical (unpaired) electrons. The van der Waals surface area contributed by atoms with Gasteiger partial charge < -0.3 is 24.2 Å². The Balaban J connectivity index is 1.41. The summed E-state index contributed by atoms with van der Waals surface area (Å²) in [4.78, 5) is 30.8. The van der Waals surface area contributed by atoms with Crippen molar-refractivity contribution >= 4 is 17.4 Å². The number of aliphatic hydroxyl groups is 1. The van der Waals surface area contributed by atoms with Crippen molar-refractivity contribution in [2.45, 2.75) is 38.8 Å². The Morgan fingerprint density at radius 2 is 1.65 bits per heavy atom. The van der Waals surface area contributed by atoms with Crippen molar-refractivity contribution < 1.29 is 28.9 Å². The van der Waals surface area contributed by atoms with Crippen LogP contribution in [0.5, 0.6) is 11.5 Å². The van der Waals surface area contributed by atoms with Crippen molar-refractivity contribution in [3.05, 3.63) is 101 Å². The highest BCUT2D eigenvalue weighted by molar-refractivity contribution is 6.46. The molecule has 0 bridgehead atoms. The van der Waals surface area contributed by atoms with Gasteiger partial charge in [-0.25, -0.2) is 0 Å². The highest BCUT2D eigenvalue weighted by Gasteiger charge is 2.45. The van der Waals surface area contributed by atoms with Gasteiger partial charge in [-0.1, -0.05) is 67.9 Å². The molecule has 0 saturated carbocycles. The van der Waals surface area contributed by atoms with Crippen LogP contribution in [0.15, 0.2) is 84.4 Å². The maximum atomic E-state index is 13.5. The Labute approximate surface area is 253 Å². The summed E-state index contributed by atoms with van der Waals surface area (Å²) in [6.45, 7) is 7.36. The number of unbranched alkanes of at least 4 members (excludes halogenated alkanes) is 1. The maximum Gasteiger partial charge on any atom is 0.295 e. The van der Waals surface area contributed by atoms with Crippen LogP contribution in [0.1, 0.15) is 48.9 Å². The van der Waals surface area contributed by atoms with E-state index in [-0.39, 0.29) is 11.3 Å². The van der Waals surface area contributed by atoms with Crippen LogP contribution in [0.3, 0.4) is 0 Å². The molecule has 8 heteroatoms. The molecule has 2 fully saturated rings. The lowest BCUT2D eigenvalue weighted by atomic mass is 9.95. The van der Waals surface area contributed by atoms with Gasteiger partial charge in [0.2, 0.25) is 0 Å². The first kappa shape index (κ1) is 30.3. The molecule has 3 aromatic carbocycles. The average molecular weight is 585 g/mol. The second-order valence-corrected chi connectivity index (χ2v) is 10.9. The number of carbonyl (C=O) groups is 2. The van der Waals surface area contributed by atoms with E-state index in [1.807, 2.05) is 60.7 Å². The fourth-order valence-corrected chi connectivity index (χ4v) is 5.46. The van der Waals surface area contributed by atoms with Crippen LogP contribution in [0.2, 0.25) is 0 Å². The number of hydrogen-bond donors (Lipinski definition) is 1. The van der Waals surface area contributed by atoms with Crippen LogP contribution in [-0.2, 0) is 20.9 Å². The monoisotopic (exact) mass is 584 g/mol. The molecule has 0 aliphatic carbocycles. The first-order chi connectivity index (χ1) is 21.0. The van der Waals surface area contributed by atoms with Crippen molar-refractivity contribution in [3.63, 3.8) is 0 Å². The Hall–Kier alpha value is -4.14. The summed E-state index contributed by atoms with van der Waals surface area (Å²) in [5.41, 5.74) is 2.31. The minimum absolute atomic E-state index is 0.0834. The van der Waals surface area contributed by atoms with E-state index in [9.17, 15) is 14.7 Å². The zero-order chi connectivity index (χ0) is 30.0. The van der Waals surface area contributed by atoms with E-state index in [1.165, 1.54) is 0 Å². The molecule has 2 aliphatic heterocycles. The molecule has 1 unspecified atom stereocenters. The number of hydrogen-bond acceptors (Lipinski definition) is 7. The molecule has 5 rings (SSSR count). The largest absolute Gasteiger partial charge is 0.507 e. The van der Waals surface area contributed by atoms with E-state index in [4.69, 9.17) is 14.2 Å². The van der Waals surface area contributed by atoms with E-state index in [2.05, 4.69) is 11.8 Å². The molecular weight excluding hydrogens is 544 g/mol. The van der Waals surface area contributed by atoms with Gasteiger partial charge >= 0.3 is 0 Å². The highest BCUT2D eigenvalue weighted by Crippen LogP contribution is 2.40. The summed E-state index contributed by atoms with van der Waals surface area (Å²) >= 11 is 0. The second-order valence-electron chi connectivity index (χ2n) is 10.9. The number of benzene rings is 3. The first-order valence-electron chi connectivity index (χ1n) is 15.1. The minimum atomic E-state index is -0.725. The van der Waals surface area contributed by atoms with E-state index in [1.54, 1.807) is 23.1 Å². The third-order valence-electron chi connectivity index (χ3n) is 7.84. The smallest absolute Gasteiger partial charge is 0.295 e. The van der Waals surface area contributed by atoms with Crippen molar-refractivity contribution in [1.29, 1.82) is 0 Å². The average Bonchev–Trinajstić information content (AvgIpc) is 3.30. The van der Waals surface area contributed by atoms with Gasteiger partial charge in [0, 0.05) is 31.7 Å². The number of likely N-dealkylation sites (tertiary alicyclic amines) is 1. The lowest BCUT2D eigenvalue weighted by Gasteiger charge is -2.29. The predicted octanol–water partition coefficient (Wildman–Crippen LogP) is 5.59. The number of amides is 1. The molecule has 0 aromatic heterocycles. The van der Waals surface area contributed by atoms with Crippen molar-refractivity contribution in [2.75, 3.05) is 46.0 Å². The molecule has 2 saturated heterocycles. The van der Waals surface area contributed by atoms with Crippen LogP contribution in [0, 0.1) is 0 Å². The van der Waals surface area contributed by atoms with Gasteiger partial charge in [-0.3, -0.25) is 14.5 Å². The quantitative estimate of drug-likeness (QED) is 0.121. The molecule has 43 heavy (non-hydrogen) atoms. The number of morpholine rings is 1. The Morgan fingerprint density at radius 3 is 2.40 bits per heavy atom. The summed E-state index contributed by atoms with van der Waals surface area (Å²) in [7, 11) is 0. The number of Topliss-reactive ketones (excluding diaryl/α,β-unsaturated/α-hetero) is 1. The normalized spacial score (nSPS) is 18.6. The topological polar surface area (TPSA) is 88.5 Å². The summed E-state index contributed by atoms with van der Waals surface area (Å²) in [5, 5.41) is 11.5. The fourth-order valence-electron chi connectivity index (χ4n) is 5.46. The zero-order valence-electron chi connectivity index (χ0n) is 24.7. The number of rotatable bonds is 13. The van der Waals surface area contributed by atoms with Crippen LogP contribution < -0.4 is 9.47 Å². The molecule has 3 aromatic rings. The van der Waals surface area contributed by atoms with Gasteiger partial charge in [-0.2, -0.15) is 0 Å². The molecule has 1 N–H and O–H groups in total. The van der Waals surface area contributed by atoms with Crippen molar-refractivity contribution in [3.8, 4) is 11.5 Å². The molecule has 226 valence electrons. The molecular formula is C35H40N2O6. The van der Waals surface area contributed by atoms with Crippen LogP contribution >= 0.6 is 0 Å². The lowest BCUT2D eigenvalue weighted by Crippen LogP contribution is -2.38. The molecule has 2 heterocycles. The van der Waals surface area contributed by atoms with Gasteiger partial charge in [0.25, 0.3) is 11.7 Å². The van der Waals surface area contributed by atoms with Gasteiger partial charge in [0.1, 0.15) is 23.9 Å². The third kappa shape index (κ3) is 7.63. The summed E-state index contributed by atoms with van der Waals surface area (Å²) < 4.78 is 17.3. The van der Waals surface area contributed by atoms with Crippen molar-refractivity contribution in [1.82, 2.24) is 9.80 Å². The van der Waals surface area contributed by atoms with Crippen molar-refractivity contribution in [2.24, 2.45) is 0 Å². The fraction of sp³-hybridized carbons (Fsp3) is 0.371. The van der Waals surface area contributed by atoms with Gasteiger partial charge in [-0.05, 0) is 48.2 Å². The Bertz CT molecular complexity index is 1400. The summed E-state index contributed by atoms with van der Waals surface area (Å²) in [6, 6.07) is 23.6. The predicted molar refractivity (Wildman–Crippen MR) is 165 cm³/mol. The van der Waals surface area contributed by atoms with Crippen LogP contribution in [0.4, 0.5) is 0 Å². The Kier molecular flexibility index (Phi) is 10.5. The van der Waals surface area contributed by atoms with E-state index >= 15 is 0 Å². The highest BCUT2D eigenvalue weighted by atomic mass is 16.5. The molecule has 2 aliphatic rings. The molecule has 0 spiro atoms. The molecule has 8 nitrogen and oxygen atoms in total. The SMILES string of the molecule is CCCCOc1cccc(/C(O)=C2\C(=O)C(=O)N(CCCN3CCOCC3)C2c2ccc(OCc3ccccc3)cc2)c1. The number of ether oxygens (including phenoxy) is 3. The summed E-state index contributed by atoms with van der Waals surface area (Å²) in [6.07, 6.45) is 2.62. The van der Waals surface area contributed by atoms with E-state index in [0.29, 0.717) is 56.5 Å². The standard InChI is InChI=1S/C35H40N2O6/c1-2-3-21-42-30-12-7-11-28(24-30)33(38)31-32(27-13-15-29(16-14-27)43-25-26-9-5-4-6-10-26)37(35(40)34(31)39)18-8-17-36-19-22-41-23-20-36/h4-7,9-16,24,32,38H,2-3,8,17-23,25H2,1H3/b33-31+. The van der Waals surface area contributed by atoms with Gasteiger partial charge in [0.15, 0.2) is 0 Å². The first-order valence-corrected chi connectivity index (χ1v) is 15.1. The zero-order valence-corrected chi connectivity index (χ0v) is 24.7. The van der Waals surface area contributed by atoms with Crippen LogP contribution in [-0.4, -0.2) is 72.6 Å². The minimum Gasteiger partial charge on any atom is -0.507 e. The second kappa shape index (κ2) is 14.8. The number of nitrogens with zero attached hydrogens (tertiary/aromatic N) is 2. The van der Waals surface area contributed by atoms with Gasteiger partial charge in [-0.15, -0.1) is 0 Å². The van der Waals surface area contributed by atoms with Crippen LogP contribution in [0.25, 0.3) is 5.76 Å². The number of carbonyl (C=O) groups excluding carboxylic acids is 2. The lowest BCUT2D eigenvalue weighted by molar-refractivity contribution is -0.140. The van der Waals surface area contributed by atoms with Gasteiger partial charge in [0.05, 0.1) is 31.4 Å². The molecule has 1 amide bonds.